The molecular formula is C42H39F2NO6. The van der Waals surface area contributed by atoms with Gasteiger partial charge in [0, 0.05) is 52.5 Å². The van der Waals surface area contributed by atoms with Crippen LogP contribution in [0.4, 0.5) is 14.5 Å². The highest BCUT2D eigenvalue weighted by Crippen LogP contribution is 2.63. The molecule has 2 heterocycles. The number of hydrogen-bond acceptors (Lipinski definition) is 7. The molecule has 1 aliphatic carbocycles. The molecule has 262 valence electrons. The van der Waals surface area contributed by atoms with E-state index in [1.807, 2.05) is 42.5 Å². The van der Waals surface area contributed by atoms with E-state index < -0.39 is 22.7 Å². The Bertz CT molecular complexity index is 2210. The second kappa shape index (κ2) is 12.2. The Kier molecular flexibility index (Phi) is 7.87. The number of fused-ring (bicyclic) bond motifs is 8. The van der Waals surface area contributed by atoms with Crippen LogP contribution in [-0.2, 0) is 15.8 Å². The van der Waals surface area contributed by atoms with Crippen LogP contribution in [-0.4, -0.2) is 54.7 Å². The van der Waals surface area contributed by atoms with Gasteiger partial charge in [0.05, 0.1) is 47.0 Å². The lowest BCUT2D eigenvalue weighted by atomic mass is 9.76. The molecule has 5 aromatic rings. The highest BCUT2D eigenvalue weighted by molar-refractivity contribution is 6.09. The molecule has 51 heavy (non-hydrogen) atoms. The third-order valence-corrected chi connectivity index (χ3v) is 10.6. The molecule has 0 saturated carbocycles. The van der Waals surface area contributed by atoms with Crippen LogP contribution in [0, 0.1) is 11.6 Å². The summed E-state index contributed by atoms with van der Waals surface area (Å²) in [5.41, 5.74) is 4.73. The summed E-state index contributed by atoms with van der Waals surface area (Å²) in [5, 5.41) is 0.582. The Morgan fingerprint density at radius 1 is 0.745 bits per heavy atom. The summed E-state index contributed by atoms with van der Waals surface area (Å²) in [6.45, 7) is 7.13. The van der Waals surface area contributed by atoms with Crippen LogP contribution in [0.5, 0.6) is 28.7 Å². The highest BCUT2D eigenvalue weighted by atomic mass is 19.1. The third-order valence-electron chi connectivity index (χ3n) is 10.6. The molecule has 0 spiro atoms. The summed E-state index contributed by atoms with van der Waals surface area (Å²) >= 11 is 0. The molecule has 3 aliphatic rings. The molecule has 1 atom stereocenters. The second-order valence-electron chi connectivity index (χ2n) is 13.5. The van der Waals surface area contributed by atoms with Crippen LogP contribution >= 0.6 is 0 Å². The first-order valence-electron chi connectivity index (χ1n) is 17.0. The first-order chi connectivity index (χ1) is 24.7. The Morgan fingerprint density at radius 2 is 1.41 bits per heavy atom. The van der Waals surface area contributed by atoms with Gasteiger partial charge in [-0.3, -0.25) is 0 Å². The number of benzene rings is 5. The number of nitrogens with zero attached hydrogens (tertiary/aromatic N) is 1. The lowest BCUT2D eigenvalue weighted by Crippen LogP contribution is -2.37. The standard InChI is InChI=1S/C42H39F2NO6/c1-41(2)36-29-15-16-42(25-9-13-28(46-3)14-10-25,24-7-11-27(12-8-24)45-17-19-50-20-18-45)51-38(29)35-30(21-26(43)22-32(35)44)34(36)31-23-33(47-4)39(48-5)40(49-6)37(31)41/h7-16,21-23H,17-20H2,1-6H3. The number of anilines is 1. The fraction of sp³-hybridized carbons (Fsp3) is 0.286. The number of rotatable bonds is 7. The molecule has 0 amide bonds. The van der Waals surface area contributed by atoms with Gasteiger partial charge in [0.25, 0.3) is 0 Å². The smallest absolute Gasteiger partial charge is 0.203 e. The van der Waals surface area contributed by atoms with Crippen molar-refractivity contribution < 1.29 is 37.2 Å². The minimum Gasteiger partial charge on any atom is -0.497 e. The van der Waals surface area contributed by atoms with Crippen molar-refractivity contribution in [3.63, 3.8) is 0 Å². The van der Waals surface area contributed by atoms with E-state index in [9.17, 15) is 0 Å². The van der Waals surface area contributed by atoms with Crippen molar-refractivity contribution >= 4 is 22.5 Å². The topological polar surface area (TPSA) is 58.6 Å². The van der Waals surface area contributed by atoms with Gasteiger partial charge in [0.2, 0.25) is 5.75 Å². The van der Waals surface area contributed by atoms with E-state index in [1.54, 1.807) is 28.4 Å². The molecule has 8 rings (SSSR count). The van der Waals surface area contributed by atoms with Gasteiger partial charge in [-0.25, -0.2) is 8.78 Å². The molecule has 5 aromatic carbocycles. The number of halogens is 2. The molecular weight excluding hydrogens is 652 g/mol. The Balaban J connectivity index is 1.40. The SMILES string of the molecule is COc1ccc(C2(c3ccc(N4CCOCC4)cc3)C=Cc3c4c(c5cc(F)cc(F)c5c3O2)-c2cc(OC)c(OC)c(OC)c2C4(C)C)cc1. The Labute approximate surface area is 295 Å². The summed E-state index contributed by atoms with van der Waals surface area (Å²) < 4.78 is 67.6. The molecule has 1 saturated heterocycles. The predicted octanol–water partition coefficient (Wildman–Crippen LogP) is 8.64. The van der Waals surface area contributed by atoms with Crippen molar-refractivity contribution in [3.05, 3.63) is 112 Å². The molecule has 2 aliphatic heterocycles. The van der Waals surface area contributed by atoms with Gasteiger partial charge in [-0.05, 0) is 64.6 Å². The van der Waals surface area contributed by atoms with Crippen LogP contribution in [0.25, 0.3) is 28.0 Å². The zero-order valence-corrected chi connectivity index (χ0v) is 29.5. The van der Waals surface area contributed by atoms with E-state index in [1.165, 1.54) is 6.07 Å². The van der Waals surface area contributed by atoms with Gasteiger partial charge >= 0.3 is 0 Å². The molecule has 1 unspecified atom stereocenters. The predicted molar refractivity (Wildman–Crippen MR) is 194 cm³/mol. The van der Waals surface area contributed by atoms with E-state index in [4.69, 9.17) is 28.4 Å². The summed E-state index contributed by atoms with van der Waals surface area (Å²) in [5.74, 6) is 1.01. The zero-order chi connectivity index (χ0) is 35.7. The van der Waals surface area contributed by atoms with E-state index in [2.05, 4.69) is 43.0 Å². The third kappa shape index (κ3) is 4.85. The number of ether oxygens (including phenoxy) is 6. The van der Waals surface area contributed by atoms with Gasteiger partial charge in [-0.1, -0.05) is 44.2 Å². The van der Waals surface area contributed by atoms with E-state index in [0.29, 0.717) is 58.5 Å². The molecule has 0 radical (unpaired) electrons. The number of methoxy groups -OCH3 is 4. The maximum atomic E-state index is 16.5. The van der Waals surface area contributed by atoms with Crippen molar-refractivity contribution in [1.82, 2.24) is 0 Å². The molecule has 0 bridgehead atoms. The van der Waals surface area contributed by atoms with Gasteiger partial charge < -0.3 is 33.3 Å². The van der Waals surface area contributed by atoms with Gasteiger partial charge in [-0.15, -0.1) is 0 Å². The van der Waals surface area contributed by atoms with Crippen LogP contribution in [0.3, 0.4) is 0 Å². The quantitative estimate of drug-likeness (QED) is 0.169. The van der Waals surface area contributed by atoms with Crippen LogP contribution in [0.2, 0.25) is 0 Å². The molecule has 9 heteroatoms. The Morgan fingerprint density at radius 3 is 2.04 bits per heavy atom. The first kappa shape index (κ1) is 32.9. The van der Waals surface area contributed by atoms with Crippen molar-refractivity contribution in [2.75, 3.05) is 59.6 Å². The normalized spacial score (nSPS) is 18.5. The minimum absolute atomic E-state index is 0.190. The fourth-order valence-electron chi connectivity index (χ4n) is 8.26. The molecule has 0 N–H and O–H groups in total. The van der Waals surface area contributed by atoms with Gasteiger partial charge in [0.1, 0.15) is 23.1 Å². The summed E-state index contributed by atoms with van der Waals surface area (Å²) in [6, 6.07) is 20.1. The first-order valence-corrected chi connectivity index (χ1v) is 17.0. The maximum absolute atomic E-state index is 16.5. The molecule has 1 fully saturated rings. The zero-order valence-electron chi connectivity index (χ0n) is 29.5. The van der Waals surface area contributed by atoms with Crippen molar-refractivity contribution in [2.24, 2.45) is 0 Å². The van der Waals surface area contributed by atoms with Gasteiger partial charge in [-0.2, -0.15) is 0 Å². The molecule has 0 aromatic heterocycles. The average Bonchev–Trinajstić information content (AvgIpc) is 3.40. The monoisotopic (exact) mass is 691 g/mol. The van der Waals surface area contributed by atoms with Crippen LogP contribution in [0.1, 0.15) is 41.7 Å². The summed E-state index contributed by atoms with van der Waals surface area (Å²) in [4.78, 5) is 2.29. The Hall–Kier alpha value is -5.28. The minimum atomic E-state index is -1.16. The highest BCUT2D eigenvalue weighted by Gasteiger charge is 2.47. The lowest BCUT2D eigenvalue weighted by Gasteiger charge is -2.39. The number of morpholine rings is 1. The summed E-state index contributed by atoms with van der Waals surface area (Å²) in [7, 11) is 6.32. The fourth-order valence-corrected chi connectivity index (χ4v) is 8.26. The van der Waals surface area contributed by atoms with E-state index in [0.717, 1.165) is 52.7 Å². The second-order valence-corrected chi connectivity index (χ2v) is 13.5. The van der Waals surface area contributed by atoms with Crippen LogP contribution in [0.15, 0.2) is 72.8 Å². The molecule has 7 nitrogen and oxygen atoms in total. The largest absolute Gasteiger partial charge is 0.497 e. The van der Waals surface area contributed by atoms with Crippen LogP contribution < -0.4 is 28.6 Å². The van der Waals surface area contributed by atoms with Crippen molar-refractivity contribution in [3.8, 4) is 39.9 Å². The lowest BCUT2D eigenvalue weighted by molar-refractivity contribution is 0.122. The van der Waals surface area contributed by atoms with E-state index >= 15 is 8.78 Å². The van der Waals surface area contributed by atoms with Crippen molar-refractivity contribution in [1.29, 1.82) is 0 Å². The average molecular weight is 692 g/mol. The van der Waals surface area contributed by atoms with Crippen molar-refractivity contribution in [2.45, 2.75) is 24.9 Å². The maximum Gasteiger partial charge on any atom is 0.203 e. The summed E-state index contributed by atoms with van der Waals surface area (Å²) in [6.07, 6.45) is 4.06. The van der Waals surface area contributed by atoms with Gasteiger partial charge in [0.15, 0.2) is 17.1 Å². The number of hydrogen-bond donors (Lipinski definition) is 0. The van der Waals surface area contributed by atoms with E-state index in [-0.39, 0.29) is 5.39 Å².